The van der Waals surface area contributed by atoms with Crippen molar-refractivity contribution in [3.05, 3.63) is 112 Å². The number of non-ortho nitro benzene ring substituents is 1. The highest BCUT2D eigenvalue weighted by atomic mass is 32.2. The number of rotatable bonds is 9. The van der Waals surface area contributed by atoms with Crippen LogP contribution in [-0.4, -0.2) is 19.2 Å². The Morgan fingerprint density at radius 3 is 2.33 bits per heavy atom. The Bertz CT molecular complexity index is 1470. The molecule has 0 aliphatic rings. The molecule has 11 heteroatoms. The van der Waals surface area contributed by atoms with E-state index in [1.807, 2.05) is 30.3 Å². The van der Waals surface area contributed by atoms with Gasteiger partial charge in [-0.25, -0.2) is 8.42 Å². The molecule has 3 aromatic carbocycles. The van der Waals surface area contributed by atoms with Crippen LogP contribution >= 0.6 is 23.1 Å². The number of nitro groups is 1. The van der Waals surface area contributed by atoms with Gasteiger partial charge in [0.2, 0.25) is 5.91 Å². The third-order valence-electron chi connectivity index (χ3n) is 5.14. The van der Waals surface area contributed by atoms with Gasteiger partial charge in [-0.1, -0.05) is 36.4 Å². The number of amides is 1. The number of benzene rings is 3. The molecule has 0 aliphatic heterocycles. The first-order chi connectivity index (χ1) is 17.2. The zero-order valence-corrected chi connectivity index (χ0v) is 21.4. The fourth-order valence-corrected chi connectivity index (χ4v) is 6.44. The molecule has 0 aliphatic carbocycles. The predicted octanol–water partition coefficient (Wildman–Crippen LogP) is 6.24. The second-order valence-electron chi connectivity index (χ2n) is 7.72. The highest BCUT2D eigenvalue weighted by Crippen LogP contribution is 2.37. The first kappa shape index (κ1) is 25.4. The molecule has 0 saturated heterocycles. The number of anilines is 2. The van der Waals surface area contributed by atoms with Crippen LogP contribution in [0.3, 0.4) is 0 Å². The Labute approximate surface area is 216 Å². The number of thioether (sulfide) groups is 1. The molecule has 4 aromatic rings. The molecule has 36 heavy (non-hydrogen) atoms. The Kier molecular flexibility index (Phi) is 7.73. The second-order valence-corrected chi connectivity index (χ2v) is 11.8. The Morgan fingerprint density at radius 1 is 1.00 bits per heavy atom. The summed E-state index contributed by atoms with van der Waals surface area (Å²) in [6.07, 6.45) is 0. The highest BCUT2D eigenvalue weighted by molar-refractivity contribution is 8.00. The van der Waals surface area contributed by atoms with E-state index in [9.17, 15) is 23.3 Å². The van der Waals surface area contributed by atoms with Crippen molar-refractivity contribution in [3.63, 3.8) is 0 Å². The van der Waals surface area contributed by atoms with Crippen molar-refractivity contribution in [1.82, 2.24) is 0 Å². The number of carbonyl (C=O) groups is 1. The zero-order valence-electron chi connectivity index (χ0n) is 19.0. The maximum absolute atomic E-state index is 13.3. The Morgan fingerprint density at radius 2 is 1.72 bits per heavy atom. The molecule has 1 atom stereocenters. The maximum Gasteiger partial charge on any atom is 0.271 e. The number of carbonyl (C=O) groups excluding carboxylic acids is 1. The van der Waals surface area contributed by atoms with Gasteiger partial charge in [-0.05, 0) is 59.8 Å². The molecular formula is C25H21N3O5S3. The van der Waals surface area contributed by atoms with E-state index in [0.717, 1.165) is 21.8 Å². The molecule has 1 heterocycles. The van der Waals surface area contributed by atoms with Crippen molar-refractivity contribution < 1.29 is 18.1 Å². The molecular weight excluding hydrogens is 518 g/mol. The summed E-state index contributed by atoms with van der Waals surface area (Å²) in [6.45, 7) is 1.70. The van der Waals surface area contributed by atoms with E-state index in [1.165, 1.54) is 36.0 Å². The lowest BCUT2D eigenvalue weighted by atomic mass is 10.1. The van der Waals surface area contributed by atoms with Crippen LogP contribution in [0.5, 0.6) is 0 Å². The van der Waals surface area contributed by atoms with Crippen LogP contribution in [0.4, 0.5) is 17.1 Å². The average molecular weight is 540 g/mol. The Hall–Kier alpha value is -3.67. The number of nitrogens with zero attached hydrogens (tertiary/aromatic N) is 1. The predicted molar refractivity (Wildman–Crippen MR) is 143 cm³/mol. The van der Waals surface area contributed by atoms with Crippen molar-refractivity contribution >= 4 is 56.1 Å². The lowest BCUT2D eigenvalue weighted by Crippen LogP contribution is -2.19. The number of aryl methyl sites for hydroxylation is 1. The van der Waals surface area contributed by atoms with Gasteiger partial charge in [0.25, 0.3) is 15.7 Å². The SMILES string of the molecule is Cc1cc([N+](=O)[O-])ccc1NC(=O)C(Sc1ccc(NS(=O)(=O)c2cccs2)cc1)c1ccccc1. The van der Waals surface area contributed by atoms with Crippen LogP contribution in [-0.2, 0) is 14.8 Å². The lowest BCUT2D eigenvalue weighted by Gasteiger charge is -2.18. The van der Waals surface area contributed by atoms with E-state index in [4.69, 9.17) is 0 Å². The number of nitrogens with one attached hydrogen (secondary N) is 2. The van der Waals surface area contributed by atoms with E-state index >= 15 is 0 Å². The molecule has 4 rings (SSSR count). The quantitative estimate of drug-likeness (QED) is 0.148. The molecule has 1 aromatic heterocycles. The van der Waals surface area contributed by atoms with Crippen molar-refractivity contribution in [3.8, 4) is 0 Å². The van der Waals surface area contributed by atoms with Crippen molar-refractivity contribution in [2.75, 3.05) is 10.0 Å². The third kappa shape index (κ3) is 6.11. The monoisotopic (exact) mass is 539 g/mol. The molecule has 1 unspecified atom stereocenters. The summed E-state index contributed by atoms with van der Waals surface area (Å²) < 4.78 is 27.7. The number of sulfonamides is 1. The van der Waals surface area contributed by atoms with Crippen LogP contribution < -0.4 is 10.0 Å². The van der Waals surface area contributed by atoms with Gasteiger partial charge in [0, 0.05) is 28.4 Å². The molecule has 1 amide bonds. The van der Waals surface area contributed by atoms with Gasteiger partial charge in [-0.3, -0.25) is 19.6 Å². The average Bonchev–Trinajstić information content (AvgIpc) is 3.41. The van der Waals surface area contributed by atoms with Crippen LogP contribution in [0.1, 0.15) is 16.4 Å². The lowest BCUT2D eigenvalue weighted by molar-refractivity contribution is -0.384. The minimum atomic E-state index is -3.65. The van der Waals surface area contributed by atoms with Gasteiger partial charge in [0.1, 0.15) is 9.46 Å². The van der Waals surface area contributed by atoms with E-state index in [0.29, 0.717) is 16.9 Å². The summed E-state index contributed by atoms with van der Waals surface area (Å²) in [5, 5.41) is 15.0. The van der Waals surface area contributed by atoms with Gasteiger partial charge in [-0.15, -0.1) is 23.1 Å². The minimum absolute atomic E-state index is 0.0470. The first-order valence-electron chi connectivity index (χ1n) is 10.7. The molecule has 0 spiro atoms. The van der Waals surface area contributed by atoms with Gasteiger partial charge in [0.15, 0.2) is 0 Å². The largest absolute Gasteiger partial charge is 0.325 e. The highest BCUT2D eigenvalue weighted by Gasteiger charge is 2.23. The number of hydrogen-bond acceptors (Lipinski definition) is 7. The second kappa shape index (κ2) is 10.9. The first-order valence-corrected chi connectivity index (χ1v) is 13.9. The Balaban J connectivity index is 1.53. The van der Waals surface area contributed by atoms with Crippen LogP contribution in [0.25, 0.3) is 0 Å². The molecule has 0 radical (unpaired) electrons. The molecule has 0 fully saturated rings. The van der Waals surface area contributed by atoms with Gasteiger partial charge < -0.3 is 5.32 Å². The van der Waals surface area contributed by atoms with Crippen molar-refractivity contribution in [2.24, 2.45) is 0 Å². The van der Waals surface area contributed by atoms with E-state index in [1.54, 1.807) is 42.6 Å². The van der Waals surface area contributed by atoms with Gasteiger partial charge in [0.05, 0.1) is 4.92 Å². The van der Waals surface area contributed by atoms with Gasteiger partial charge in [-0.2, -0.15) is 0 Å². The molecule has 0 saturated carbocycles. The summed E-state index contributed by atoms with van der Waals surface area (Å²) in [5.41, 5.74) is 2.22. The summed E-state index contributed by atoms with van der Waals surface area (Å²) in [7, 11) is -3.65. The van der Waals surface area contributed by atoms with E-state index in [-0.39, 0.29) is 15.8 Å². The summed E-state index contributed by atoms with van der Waals surface area (Å²) in [5.74, 6) is -0.286. The smallest absolute Gasteiger partial charge is 0.271 e. The fourth-order valence-electron chi connectivity index (χ4n) is 3.36. The van der Waals surface area contributed by atoms with E-state index in [2.05, 4.69) is 10.0 Å². The number of hydrogen-bond donors (Lipinski definition) is 2. The van der Waals surface area contributed by atoms with Crippen molar-refractivity contribution in [1.29, 1.82) is 0 Å². The third-order valence-corrected chi connectivity index (χ3v) is 9.18. The fraction of sp³-hybridized carbons (Fsp3) is 0.0800. The normalized spacial score (nSPS) is 12.0. The molecule has 0 bridgehead atoms. The number of thiophene rings is 1. The molecule has 8 nitrogen and oxygen atoms in total. The summed E-state index contributed by atoms with van der Waals surface area (Å²) >= 11 is 2.44. The van der Waals surface area contributed by atoms with Crippen LogP contribution in [0, 0.1) is 17.0 Å². The zero-order chi connectivity index (χ0) is 25.7. The summed E-state index contributed by atoms with van der Waals surface area (Å²) in [4.78, 5) is 24.6. The van der Waals surface area contributed by atoms with Crippen LogP contribution in [0.2, 0.25) is 0 Å². The number of nitro benzene ring substituents is 1. The molecule has 184 valence electrons. The van der Waals surface area contributed by atoms with Crippen LogP contribution in [0.15, 0.2) is 99.4 Å². The topological polar surface area (TPSA) is 118 Å². The minimum Gasteiger partial charge on any atom is -0.325 e. The van der Waals surface area contributed by atoms with E-state index < -0.39 is 20.2 Å². The standard InChI is InChI=1S/C25H21N3O5S3/c1-17-16-20(28(30)31)11-14-22(17)26-25(29)24(18-6-3-2-4-7-18)35-21-12-9-19(10-13-21)27-36(32,33)23-8-5-15-34-23/h2-16,24,27H,1H3,(H,26,29). The maximum atomic E-state index is 13.3. The van der Waals surface area contributed by atoms with Crippen molar-refractivity contribution in [2.45, 2.75) is 21.3 Å². The van der Waals surface area contributed by atoms with Gasteiger partial charge >= 0.3 is 0 Å². The molecule has 2 N–H and O–H groups in total. The summed E-state index contributed by atoms with van der Waals surface area (Å²) in [6, 6.07) is 23.5.